The molecule has 5 heteroatoms. The Morgan fingerprint density at radius 2 is 1.97 bits per heavy atom. The van der Waals surface area contributed by atoms with Gasteiger partial charge in [0, 0.05) is 44.1 Å². The molecule has 30 heavy (non-hydrogen) atoms. The maximum atomic E-state index is 9.90. The van der Waals surface area contributed by atoms with Crippen LogP contribution in [-0.4, -0.2) is 53.8 Å². The Balaban J connectivity index is 1.30. The number of fused-ring (bicyclic) bond motifs is 2. The number of benzene rings is 1. The highest BCUT2D eigenvalue weighted by atomic mass is 16.3. The summed E-state index contributed by atoms with van der Waals surface area (Å²) >= 11 is 0. The molecule has 1 saturated heterocycles. The van der Waals surface area contributed by atoms with Crippen molar-refractivity contribution in [2.45, 2.75) is 63.3 Å². The highest BCUT2D eigenvalue weighted by Gasteiger charge is 2.29. The molecule has 0 bridgehead atoms. The van der Waals surface area contributed by atoms with E-state index in [2.05, 4.69) is 52.5 Å². The lowest BCUT2D eigenvalue weighted by Crippen LogP contribution is -2.46. The van der Waals surface area contributed by atoms with Gasteiger partial charge in [0.1, 0.15) is 0 Å². The van der Waals surface area contributed by atoms with Crippen LogP contribution in [0.3, 0.4) is 0 Å². The molecule has 0 spiro atoms. The summed E-state index contributed by atoms with van der Waals surface area (Å²) in [5, 5.41) is 13.7. The molecular formula is C25H34N4O. The van der Waals surface area contributed by atoms with Crippen LogP contribution in [0.4, 0.5) is 5.69 Å². The summed E-state index contributed by atoms with van der Waals surface area (Å²) in [6, 6.07) is 11.9. The average Bonchev–Trinajstić information content (AvgIpc) is 2.79. The van der Waals surface area contributed by atoms with Crippen LogP contribution in [0.1, 0.15) is 54.1 Å². The number of pyridine rings is 1. The molecule has 0 radical (unpaired) electrons. The molecule has 1 fully saturated rings. The smallest absolute Gasteiger partial charge is 0.0607 e. The van der Waals surface area contributed by atoms with Crippen LogP contribution in [0, 0.1) is 0 Å². The first kappa shape index (κ1) is 20.0. The molecule has 2 atom stereocenters. The fourth-order valence-electron chi connectivity index (χ4n) is 5.62. The fourth-order valence-corrected chi connectivity index (χ4v) is 5.62. The molecule has 0 amide bonds. The molecule has 160 valence electrons. The topological polar surface area (TPSA) is 51.6 Å². The van der Waals surface area contributed by atoms with Crippen LogP contribution in [0.25, 0.3) is 0 Å². The van der Waals surface area contributed by atoms with E-state index in [1.165, 1.54) is 40.9 Å². The van der Waals surface area contributed by atoms with E-state index in [4.69, 9.17) is 4.98 Å². The van der Waals surface area contributed by atoms with Gasteiger partial charge in [-0.1, -0.05) is 18.2 Å². The largest absolute Gasteiger partial charge is 0.393 e. The van der Waals surface area contributed by atoms with E-state index >= 15 is 0 Å². The zero-order valence-corrected chi connectivity index (χ0v) is 18.1. The number of aliphatic hydroxyl groups is 1. The first-order valence-electron chi connectivity index (χ1n) is 11.6. The second-order valence-electron chi connectivity index (χ2n) is 9.31. The molecule has 2 N–H and O–H groups in total. The molecule has 5 rings (SSSR count). The zero-order chi connectivity index (χ0) is 20.5. The van der Waals surface area contributed by atoms with E-state index in [1.807, 2.05) is 6.20 Å². The number of anilines is 1. The third-order valence-electron chi connectivity index (χ3n) is 7.29. The minimum Gasteiger partial charge on any atom is -0.393 e. The standard InChI is InChI=1S/C25H34N4O/c1-28(24-9-2-5-18-7-4-12-26-25(18)24)17-20-15-22-19(16-27-20)6-3-8-23(22)29-13-10-21(30)11-14-29/h3-4,6-8,12,20-21,24,27,30H,2,5,9-11,13-17H2,1H3/t20-,24+/m1/s1. The van der Waals surface area contributed by atoms with Gasteiger partial charge in [0.15, 0.2) is 0 Å². The number of hydrogen-bond donors (Lipinski definition) is 2. The van der Waals surface area contributed by atoms with Gasteiger partial charge in [-0.3, -0.25) is 9.88 Å². The summed E-state index contributed by atoms with van der Waals surface area (Å²) in [6.45, 7) is 3.89. The lowest BCUT2D eigenvalue weighted by molar-refractivity contribution is 0.145. The van der Waals surface area contributed by atoms with Crippen molar-refractivity contribution in [3.05, 3.63) is 58.9 Å². The Morgan fingerprint density at radius 3 is 2.83 bits per heavy atom. The van der Waals surface area contributed by atoms with Crippen LogP contribution in [-0.2, 0) is 19.4 Å². The first-order valence-corrected chi connectivity index (χ1v) is 11.6. The van der Waals surface area contributed by atoms with E-state index in [0.29, 0.717) is 12.1 Å². The van der Waals surface area contributed by atoms with Gasteiger partial charge < -0.3 is 15.3 Å². The predicted molar refractivity (Wildman–Crippen MR) is 121 cm³/mol. The van der Waals surface area contributed by atoms with Crippen molar-refractivity contribution >= 4 is 5.69 Å². The summed E-state index contributed by atoms with van der Waals surface area (Å²) in [5.74, 6) is 0. The van der Waals surface area contributed by atoms with Crippen LogP contribution in [0.5, 0.6) is 0 Å². The average molecular weight is 407 g/mol. The Labute approximate surface area is 180 Å². The van der Waals surface area contributed by atoms with E-state index in [0.717, 1.165) is 51.9 Å². The molecule has 3 heterocycles. The SMILES string of the molecule is CN(C[C@H]1Cc2c(cccc2N2CCC(O)CC2)CN1)[C@H]1CCCc2cccnc21. The van der Waals surface area contributed by atoms with Gasteiger partial charge in [0.2, 0.25) is 0 Å². The molecule has 2 aromatic rings. The minimum atomic E-state index is -0.129. The Morgan fingerprint density at radius 1 is 1.13 bits per heavy atom. The fraction of sp³-hybridized carbons (Fsp3) is 0.560. The monoisotopic (exact) mass is 406 g/mol. The van der Waals surface area contributed by atoms with Gasteiger partial charge in [0.25, 0.3) is 0 Å². The summed E-state index contributed by atoms with van der Waals surface area (Å²) < 4.78 is 0. The summed E-state index contributed by atoms with van der Waals surface area (Å²) in [6.07, 6.45) is 8.25. The quantitative estimate of drug-likeness (QED) is 0.817. The first-order chi connectivity index (χ1) is 14.7. The summed E-state index contributed by atoms with van der Waals surface area (Å²) in [5.41, 5.74) is 7.04. The van der Waals surface area contributed by atoms with E-state index < -0.39 is 0 Å². The van der Waals surface area contributed by atoms with Crippen LogP contribution < -0.4 is 10.2 Å². The predicted octanol–water partition coefficient (Wildman–Crippen LogP) is 3.07. The van der Waals surface area contributed by atoms with Crippen molar-refractivity contribution in [2.75, 3.05) is 31.6 Å². The highest BCUT2D eigenvalue weighted by molar-refractivity contribution is 5.58. The van der Waals surface area contributed by atoms with E-state index in [-0.39, 0.29) is 6.10 Å². The van der Waals surface area contributed by atoms with Crippen molar-refractivity contribution in [3.63, 3.8) is 0 Å². The van der Waals surface area contributed by atoms with Crippen molar-refractivity contribution in [1.82, 2.24) is 15.2 Å². The molecule has 1 aromatic carbocycles. The minimum absolute atomic E-state index is 0.129. The molecule has 0 unspecified atom stereocenters. The molecule has 1 aromatic heterocycles. The number of rotatable bonds is 4. The van der Waals surface area contributed by atoms with Gasteiger partial charge >= 0.3 is 0 Å². The second kappa shape index (κ2) is 8.66. The van der Waals surface area contributed by atoms with Crippen molar-refractivity contribution in [1.29, 1.82) is 0 Å². The summed E-state index contributed by atoms with van der Waals surface area (Å²) in [4.78, 5) is 9.75. The number of aromatic nitrogens is 1. The van der Waals surface area contributed by atoms with Gasteiger partial charge in [-0.05, 0) is 74.4 Å². The highest BCUT2D eigenvalue weighted by Crippen LogP contribution is 2.34. The number of piperidine rings is 1. The Kier molecular flexibility index (Phi) is 5.77. The summed E-state index contributed by atoms with van der Waals surface area (Å²) in [7, 11) is 2.27. The maximum absolute atomic E-state index is 9.90. The number of nitrogens with zero attached hydrogens (tertiary/aromatic N) is 3. The van der Waals surface area contributed by atoms with Crippen molar-refractivity contribution < 1.29 is 5.11 Å². The second-order valence-corrected chi connectivity index (χ2v) is 9.31. The van der Waals surface area contributed by atoms with Gasteiger partial charge in [-0.15, -0.1) is 0 Å². The van der Waals surface area contributed by atoms with E-state index in [1.54, 1.807) is 0 Å². The number of nitrogens with one attached hydrogen (secondary N) is 1. The molecule has 0 saturated carbocycles. The van der Waals surface area contributed by atoms with Gasteiger partial charge in [-0.2, -0.15) is 0 Å². The van der Waals surface area contributed by atoms with E-state index in [9.17, 15) is 5.11 Å². The van der Waals surface area contributed by atoms with Gasteiger partial charge in [0.05, 0.1) is 17.8 Å². The Hall–Kier alpha value is -1.95. The third-order valence-corrected chi connectivity index (χ3v) is 7.29. The number of aliphatic hydroxyl groups excluding tert-OH is 1. The van der Waals surface area contributed by atoms with Gasteiger partial charge in [-0.25, -0.2) is 0 Å². The molecule has 2 aliphatic heterocycles. The molecule has 3 aliphatic rings. The number of aryl methyl sites for hydroxylation is 1. The van der Waals surface area contributed by atoms with Crippen LogP contribution >= 0.6 is 0 Å². The maximum Gasteiger partial charge on any atom is 0.0607 e. The zero-order valence-electron chi connectivity index (χ0n) is 18.1. The number of hydrogen-bond acceptors (Lipinski definition) is 5. The van der Waals surface area contributed by atoms with Crippen LogP contribution in [0.15, 0.2) is 36.5 Å². The van der Waals surface area contributed by atoms with Crippen LogP contribution in [0.2, 0.25) is 0 Å². The molecule has 1 aliphatic carbocycles. The number of likely N-dealkylation sites (N-methyl/N-ethyl adjacent to an activating group) is 1. The normalized spacial score (nSPS) is 24.6. The molecule has 5 nitrogen and oxygen atoms in total. The lowest BCUT2D eigenvalue weighted by Gasteiger charge is -2.38. The third kappa shape index (κ3) is 3.98. The van der Waals surface area contributed by atoms with Crippen molar-refractivity contribution in [2.24, 2.45) is 0 Å². The lowest BCUT2D eigenvalue weighted by atomic mass is 9.89. The van der Waals surface area contributed by atoms with Crippen molar-refractivity contribution in [3.8, 4) is 0 Å². The Bertz CT molecular complexity index is 877. The molecular weight excluding hydrogens is 372 g/mol.